The van der Waals surface area contributed by atoms with E-state index in [-0.39, 0.29) is 17.9 Å². The van der Waals surface area contributed by atoms with Gasteiger partial charge in [0.15, 0.2) is 0 Å². The summed E-state index contributed by atoms with van der Waals surface area (Å²) in [4.78, 5) is 27.0. The molecule has 2 amide bonds. The van der Waals surface area contributed by atoms with Crippen LogP contribution in [-0.2, 0) is 9.59 Å². The van der Waals surface area contributed by atoms with Crippen LogP contribution in [-0.4, -0.2) is 60.4 Å². The van der Waals surface area contributed by atoms with Crippen LogP contribution in [0.3, 0.4) is 0 Å². The number of rotatable bonds is 8. The van der Waals surface area contributed by atoms with Gasteiger partial charge in [0, 0.05) is 6.54 Å². The summed E-state index contributed by atoms with van der Waals surface area (Å²) in [5.74, 6) is -0.117. The standard InChI is InChI=1S/C13H25N3O2/c1-4-15(5-2)9-7-8-14-11-10-12(17)16(6-3)13(11)18/h11,14H,4-10H2,1-3H3. The molecule has 1 fully saturated rings. The summed E-state index contributed by atoms with van der Waals surface area (Å²) in [5.41, 5.74) is 0. The van der Waals surface area contributed by atoms with Crippen LogP contribution in [0.2, 0.25) is 0 Å². The van der Waals surface area contributed by atoms with Crippen LogP contribution in [0.4, 0.5) is 0 Å². The lowest BCUT2D eigenvalue weighted by molar-refractivity contribution is -0.138. The highest BCUT2D eigenvalue weighted by Gasteiger charge is 2.36. The molecule has 0 radical (unpaired) electrons. The van der Waals surface area contributed by atoms with Gasteiger partial charge in [-0.2, -0.15) is 0 Å². The second kappa shape index (κ2) is 7.48. The van der Waals surface area contributed by atoms with Crippen molar-refractivity contribution in [2.75, 3.05) is 32.7 Å². The van der Waals surface area contributed by atoms with Gasteiger partial charge in [-0.05, 0) is 39.5 Å². The Bertz CT molecular complexity index is 290. The third-order valence-corrected chi connectivity index (χ3v) is 3.50. The van der Waals surface area contributed by atoms with Crippen LogP contribution >= 0.6 is 0 Å². The van der Waals surface area contributed by atoms with Gasteiger partial charge < -0.3 is 10.2 Å². The van der Waals surface area contributed by atoms with Crippen LogP contribution in [0.15, 0.2) is 0 Å². The van der Waals surface area contributed by atoms with E-state index < -0.39 is 0 Å². The first-order valence-corrected chi connectivity index (χ1v) is 6.93. The number of hydrogen-bond acceptors (Lipinski definition) is 4. The smallest absolute Gasteiger partial charge is 0.246 e. The molecular formula is C13H25N3O2. The molecule has 5 heteroatoms. The number of nitrogens with one attached hydrogen (secondary N) is 1. The van der Waals surface area contributed by atoms with Crippen molar-refractivity contribution in [1.29, 1.82) is 0 Å². The summed E-state index contributed by atoms with van der Waals surface area (Å²) >= 11 is 0. The number of nitrogens with zero attached hydrogens (tertiary/aromatic N) is 2. The molecule has 18 heavy (non-hydrogen) atoms. The zero-order valence-corrected chi connectivity index (χ0v) is 11.7. The predicted molar refractivity (Wildman–Crippen MR) is 71.2 cm³/mol. The van der Waals surface area contributed by atoms with E-state index in [0.29, 0.717) is 13.0 Å². The van der Waals surface area contributed by atoms with Gasteiger partial charge in [0.1, 0.15) is 0 Å². The Kier molecular flexibility index (Phi) is 6.29. The molecule has 1 aliphatic rings. The van der Waals surface area contributed by atoms with Gasteiger partial charge >= 0.3 is 0 Å². The molecule has 1 saturated heterocycles. The fraction of sp³-hybridized carbons (Fsp3) is 0.846. The van der Waals surface area contributed by atoms with Crippen molar-refractivity contribution in [2.45, 2.75) is 39.7 Å². The van der Waals surface area contributed by atoms with Gasteiger partial charge in [-0.15, -0.1) is 0 Å². The first-order chi connectivity index (χ1) is 8.63. The van der Waals surface area contributed by atoms with E-state index in [4.69, 9.17) is 0 Å². The number of amides is 2. The van der Waals surface area contributed by atoms with Gasteiger partial charge in [-0.3, -0.25) is 14.5 Å². The van der Waals surface area contributed by atoms with Gasteiger partial charge in [0.25, 0.3) is 0 Å². The number of carbonyl (C=O) groups excluding carboxylic acids is 2. The number of hydrogen-bond donors (Lipinski definition) is 1. The maximum atomic E-state index is 11.8. The molecule has 0 aromatic rings. The van der Waals surface area contributed by atoms with Crippen LogP contribution in [0.1, 0.15) is 33.6 Å². The van der Waals surface area contributed by atoms with Gasteiger partial charge in [0.05, 0.1) is 12.5 Å². The van der Waals surface area contributed by atoms with Gasteiger partial charge in [-0.25, -0.2) is 0 Å². The number of carbonyl (C=O) groups is 2. The average molecular weight is 255 g/mol. The van der Waals surface area contributed by atoms with Crippen molar-refractivity contribution < 1.29 is 9.59 Å². The van der Waals surface area contributed by atoms with Crippen molar-refractivity contribution in [1.82, 2.24) is 15.1 Å². The topological polar surface area (TPSA) is 52.7 Å². The molecule has 0 saturated carbocycles. The predicted octanol–water partition coefficient (Wildman–Crippen LogP) is 0.455. The van der Waals surface area contributed by atoms with E-state index in [2.05, 4.69) is 24.1 Å². The Morgan fingerprint density at radius 1 is 1.28 bits per heavy atom. The summed E-state index contributed by atoms with van der Waals surface area (Å²) in [5, 5.41) is 3.19. The summed E-state index contributed by atoms with van der Waals surface area (Å²) in [7, 11) is 0. The largest absolute Gasteiger partial charge is 0.305 e. The van der Waals surface area contributed by atoms with Crippen molar-refractivity contribution in [3.8, 4) is 0 Å². The summed E-state index contributed by atoms with van der Waals surface area (Å²) in [6.07, 6.45) is 1.32. The van der Waals surface area contributed by atoms with E-state index in [1.165, 1.54) is 4.90 Å². The summed E-state index contributed by atoms with van der Waals surface area (Å²) in [6, 6.07) is -0.297. The van der Waals surface area contributed by atoms with Crippen molar-refractivity contribution in [3.05, 3.63) is 0 Å². The van der Waals surface area contributed by atoms with Crippen molar-refractivity contribution in [2.24, 2.45) is 0 Å². The SMILES string of the molecule is CCN(CC)CCCNC1CC(=O)N(CC)C1=O. The molecule has 0 aromatic carbocycles. The lowest BCUT2D eigenvalue weighted by atomic mass is 10.2. The normalized spacial score (nSPS) is 20.2. The molecule has 1 N–H and O–H groups in total. The van der Waals surface area contributed by atoms with Crippen LogP contribution in [0.5, 0.6) is 0 Å². The first-order valence-electron chi connectivity index (χ1n) is 6.93. The molecule has 104 valence electrons. The lowest BCUT2D eigenvalue weighted by Gasteiger charge is -2.18. The highest BCUT2D eigenvalue weighted by Crippen LogP contribution is 2.12. The second-order valence-electron chi connectivity index (χ2n) is 4.57. The second-order valence-corrected chi connectivity index (χ2v) is 4.57. The van der Waals surface area contributed by atoms with E-state index in [9.17, 15) is 9.59 Å². The van der Waals surface area contributed by atoms with Crippen LogP contribution in [0, 0.1) is 0 Å². The molecule has 5 nitrogen and oxygen atoms in total. The molecule has 0 bridgehead atoms. The van der Waals surface area contributed by atoms with Crippen LogP contribution < -0.4 is 5.32 Å². The molecule has 1 rings (SSSR count). The lowest BCUT2D eigenvalue weighted by Crippen LogP contribution is -2.39. The molecule has 1 atom stereocenters. The summed E-state index contributed by atoms with van der Waals surface area (Å²) in [6.45, 7) is 10.5. The fourth-order valence-corrected chi connectivity index (χ4v) is 2.29. The van der Waals surface area contributed by atoms with E-state index >= 15 is 0 Å². The highest BCUT2D eigenvalue weighted by molar-refractivity contribution is 6.05. The average Bonchev–Trinajstić information content (AvgIpc) is 2.64. The Balaban J connectivity index is 2.24. The molecule has 0 spiro atoms. The van der Waals surface area contributed by atoms with E-state index in [1.54, 1.807) is 0 Å². The van der Waals surface area contributed by atoms with Gasteiger partial charge in [-0.1, -0.05) is 13.8 Å². The fourth-order valence-electron chi connectivity index (χ4n) is 2.29. The zero-order chi connectivity index (χ0) is 13.5. The van der Waals surface area contributed by atoms with Crippen LogP contribution in [0.25, 0.3) is 0 Å². The minimum Gasteiger partial charge on any atom is -0.305 e. The molecule has 1 heterocycles. The Labute approximate surface area is 110 Å². The zero-order valence-electron chi connectivity index (χ0n) is 11.7. The third-order valence-electron chi connectivity index (χ3n) is 3.50. The van der Waals surface area contributed by atoms with Crippen molar-refractivity contribution >= 4 is 11.8 Å². The maximum absolute atomic E-state index is 11.8. The summed E-state index contributed by atoms with van der Waals surface area (Å²) < 4.78 is 0. The number of likely N-dealkylation sites (N-methyl/N-ethyl adjacent to an activating group) is 1. The Morgan fingerprint density at radius 3 is 2.44 bits per heavy atom. The van der Waals surface area contributed by atoms with Crippen molar-refractivity contribution in [3.63, 3.8) is 0 Å². The monoisotopic (exact) mass is 255 g/mol. The quantitative estimate of drug-likeness (QED) is 0.505. The van der Waals surface area contributed by atoms with Gasteiger partial charge in [0.2, 0.25) is 11.8 Å². The molecule has 0 aromatic heterocycles. The first kappa shape index (κ1) is 15.1. The molecular weight excluding hydrogens is 230 g/mol. The minimum absolute atomic E-state index is 0.0521. The third kappa shape index (κ3) is 3.78. The van der Waals surface area contributed by atoms with E-state index in [1.807, 2.05) is 6.92 Å². The number of likely N-dealkylation sites (tertiary alicyclic amines) is 1. The Morgan fingerprint density at radius 2 is 1.94 bits per heavy atom. The van der Waals surface area contributed by atoms with E-state index in [0.717, 1.165) is 32.6 Å². The molecule has 0 aliphatic carbocycles. The minimum atomic E-state index is -0.297. The molecule has 1 aliphatic heterocycles. The maximum Gasteiger partial charge on any atom is 0.246 e. The molecule has 1 unspecified atom stereocenters. The number of imide groups is 1. The highest BCUT2D eigenvalue weighted by atomic mass is 16.2. The Hall–Kier alpha value is -0.940.